The summed E-state index contributed by atoms with van der Waals surface area (Å²) >= 11 is 0. The van der Waals surface area contributed by atoms with Crippen LogP contribution >= 0.6 is 0 Å². The van der Waals surface area contributed by atoms with Crippen molar-refractivity contribution < 1.29 is 9.90 Å². The Morgan fingerprint density at radius 3 is 2.83 bits per heavy atom. The molecule has 4 N–H and O–H groups in total. The highest BCUT2D eigenvalue weighted by molar-refractivity contribution is 5.66. The van der Waals surface area contributed by atoms with Crippen LogP contribution in [-0.4, -0.2) is 29.7 Å². The lowest BCUT2D eigenvalue weighted by Crippen LogP contribution is -2.30. The van der Waals surface area contributed by atoms with Crippen LogP contribution in [0.2, 0.25) is 0 Å². The van der Waals surface area contributed by atoms with Gasteiger partial charge in [-0.1, -0.05) is 0 Å². The molecule has 0 saturated heterocycles. The first-order valence-electron chi connectivity index (χ1n) is 4.39. The Kier molecular flexibility index (Phi) is 3.49. The van der Waals surface area contributed by atoms with Crippen LogP contribution in [0.4, 0.5) is 0 Å². The average Bonchev–Trinajstić information content (AvgIpc) is 2.35. The molecule has 70 valence electrons. The maximum absolute atomic E-state index is 10.2. The molecule has 2 unspecified atom stereocenters. The van der Waals surface area contributed by atoms with E-state index < -0.39 is 5.97 Å². The Morgan fingerprint density at radius 2 is 2.33 bits per heavy atom. The number of carboxylic acid groups (broad SMARTS) is 1. The SMILES string of the molecule is NC1CCC(NCCC(=O)O)C1. The second-order valence-electron chi connectivity index (χ2n) is 3.37. The third-order valence-electron chi connectivity index (χ3n) is 2.25. The summed E-state index contributed by atoms with van der Waals surface area (Å²) < 4.78 is 0. The molecule has 0 heterocycles. The minimum Gasteiger partial charge on any atom is -0.481 e. The molecular weight excluding hydrogens is 156 g/mol. The first-order valence-corrected chi connectivity index (χ1v) is 4.39. The van der Waals surface area contributed by atoms with Crippen LogP contribution < -0.4 is 11.1 Å². The van der Waals surface area contributed by atoms with Crippen LogP contribution in [0.25, 0.3) is 0 Å². The van der Waals surface area contributed by atoms with E-state index in [1.165, 1.54) is 0 Å². The molecule has 0 aliphatic heterocycles. The highest BCUT2D eigenvalue weighted by Gasteiger charge is 2.20. The van der Waals surface area contributed by atoms with Gasteiger partial charge in [0.15, 0.2) is 0 Å². The fourth-order valence-corrected chi connectivity index (χ4v) is 1.59. The molecule has 2 atom stereocenters. The van der Waals surface area contributed by atoms with E-state index in [1.54, 1.807) is 0 Å². The zero-order valence-electron chi connectivity index (χ0n) is 7.12. The summed E-state index contributed by atoms with van der Waals surface area (Å²) in [6.07, 6.45) is 3.33. The van der Waals surface area contributed by atoms with Crippen molar-refractivity contribution in [3.63, 3.8) is 0 Å². The largest absolute Gasteiger partial charge is 0.481 e. The number of nitrogens with one attached hydrogen (secondary N) is 1. The summed E-state index contributed by atoms with van der Waals surface area (Å²) in [6, 6.07) is 0.756. The van der Waals surface area contributed by atoms with Crippen molar-refractivity contribution in [2.45, 2.75) is 37.8 Å². The molecule has 12 heavy (non-hydrogen) atoms. The van der Waals surface area contributed by atoms with E-state index >= 15 is 0 Å². The highest BCUT2D eigenvalue weighted by Crippen LogP contribution is 2.16. The van der Waals surface area contributed by atoms with Crippen molar-refractivity contribution in [2.75, 3.05) is 6.54 Å². The minimum atomic E-state index is -0.746. The molecule has 4 heteroatoms. The Bertz CT molecular complexity index is 161. The predicted octanol–water partition coefficient (Wildman–Crippen LogP) is -0.0695. The van der Waals surface area contributed by atoms with Crippen LogP contribution in [0, 0.1) is 0 Å². The Hall–Kier alpha value is -0.610. The fourth-order valence-electron chi connectivity index (χ4n) is 1.59. The molecule has 0 amide bonds. The van der Waals surface area contributed by atoms with Crippen molar-refractivity contribution in [3.8, 4) is 0 Å². The van der Waals surface area contributed by atoms with Crippen molar-refractivity contribution in [2.24, 2.45) is 5.73 Å². The second kappa shape index (κ2) is 4.42. The highest BCUT2D eigenvalue weighted by atomic mass is 16.4. The molecule has 0 aromatic heterocycles. The Labute approximate surface area is 72.1 Å². The minimum absolute atomic E-state index is 0.200. The van der Waals surface area contributed by atoms with Crippen LogP contribution in [0.15, 0.2) is 0 Å². The first kappa shape index (κ1) is 9.48. The smallest absolute Gasteiger partial charge is 0.304 e. The molecule has 1 aliphatic carbocycles. The number of hydrogen-bond donors (Lipinski definition) is 3. The fraction of sp³-hybridized carbons (Fsp3) is 0.875. The maximum atomic E-state index is 10.2. The van der Waals surface area contributed by atoms with E-state index in [2.05, 4.69) is 5.32 Å². The summed E-state index contributed by atoms with van der Waals surface area (Å²) in [6.45, 7) is 0.562. The molecule has 4 nitrogen and oxygen atoms in total. The van der Waals surface area contributed by atoms with Gasteiger partial charge in [-0.15, -0.1) is 0 Å². The Balaban J connectivity index is 2.04. The molecule has 1 saturated carbocycles. The van der Waals surface area contributed by atoms with Crippen molar-refractivity contribution in [1.29, 1.82) is 0 Å². The number of hydrogen-bond acceptors (Lipinski definition) is 3. The van der Waals surface area contributed by atoms with E-state index in [4.69, 9.17) is 10.8 Å². The van der Waals surface area contributed by atoms with E-state index in [9.17, 15) is 4.79 Å². The molecule has 0 spiro atoms. The summed E-state index contributed by atoms with van der Waals surface area (Å²) in [5, 5.41) is 11.6. The number of aliphatic carboxylic acids is 1. The number of nitrogens with two attached hydrogens (primary N) is 1. The van der Waals surface area contributed by atoms with Crippen molar-refractivity contribution >= 4 is 5.97 Å². The van der Waals surface area contributed by atoms with E-state index in [0.717, 1.165) is 19.3 Å². The van der Waals surface area contributed by atoms with Gasteiger partial charge in [-0.2, -0.15) is 0 Å². The molecule has 0 aromatic rings. The standard InChI is InChI=1S/C8H16N2O2/c9-6-1-2-7(5-6)10-4-3-8(11)12/h6-7,10H,1-5,9H2,(H,11,12). The van der Waals surface area contributed by atoms with Gasteiger partial charge < -0.3 is 16.2 Å². The monoisotopic (exact) mass is 172 g/mol. The first-order chi connectivity index (χ1) is 5.68. The lowest BCUT2D eigenvalue weighted by Gasteiger charge is -2.10. The van der Waals surface area contributed by atoms with Crippen molar-refractivity contribution in [1.82, 2.24) is 5.32 Å². The summed E-state index contributed by atoms with van der Waals surface area (Å²) in [5.74, 6) is -0.746. The lowest BCUT2D eigenvalue weighted by molar-refractivity contribution is -0.136. The van der Waals surface area contributed by atoms with Gasteiger partial charge in [0.2, 0.25) is 0 Å². The van der Waals surface area contributed by atoms with E-state index in [1.807, 2.05) is 0 Å². The molecule has 0 aromatic carbocycles. The molecule has 0 radical (unpaired) electrons. The molecule has 1 aliphatic rings. The predicted molar refractivity (Wildman–Crippen MR) is 45.9 cm³/mol. The Morgan fingerprint density at radius 1 is 1.58 bits per heavy atom. The molecule has 0 bridgehead atoms. The van der Waals surface area contributed by atoms with Gasteiger partial charge in [-0.05, 0) is 19.3 Å². The zero-order chi connectivity index (χ0) is 8.97. The summed E-state index contributed by atoms with van der Waals surface area (Å²) in [7, 11) is 0. The summed E-state index contributed by atoms with van der Waals surface area (Å²) in [5.41, 5.74) is 5.70. The zero-order valence-corrected chi connectivity index (χ0v) is 7.12. The molecule has 1 rings (SSSR count). The van der Waals surface area contributed by atoms with Gasteiger partial charge in [-0.3, -0.25) is 4.79 Å². The van der Waals surface area contributed by atoms with Gasteiger partial charge in [0, 0.05) is 18.6 Å². The van der Waals surface area contributed by atoms with Crippen LogP contribution in [0.1, 0.15) is 25.7 Å². The van der Waals surface area contributed by atoms with Gasteiger partial charge in [0.1, 0.15) is 0 Å². The topological polar surface area (TPSA) is 75.3 Å². The third kappa shape index (κ3) is 3.19. The van der Waals surface area contributed by atoms with Gasteiger partial charge in [-0.25, -0.2) is 0 Å². The summed E-state index contributed by atoms with van der Waals surface area (Å²) in [4.78, 5) is 10.2. The molecule has 1 fully saturated rings. The maximum Gasteiger partial charge on any atom is 0.304 e. The lowest BCUT2D eigenvalue weighted by atomic mass is 10.2. The van der Waals surface area contributed by atoms with Gasteiger partial charge >= 0.3 is 5.97 Å². The van der Waals surface area contributed by atoms with E-state index in [-0.39, 0.29) is 6.42 Å². The van der Waals surface area contributed by atoms with Crippen LogP contribution in [0.3, 0.4) is 0 Å². The van der Waals surface area contributed by atoms with Crippen LogP contribution in [0.5, 0.6) is 0 Å². The van der Waals surface area contributed by atoms with Crippen LogP contribution in [-0.2, 0) is 4.79 Å². The number of rotatable bonds is 4. The third-order valence-corrected chi connectivity index (χ3v) is 2.25. The molecular formula is C8H16N2O2. The van der Waals surface area contributed by atoms with Gasteiger partial charge in [0.25, 0.3) is 0 Å². The van der Waals surface area contributed by atoms with E-state index in [0.29, 0.717) is 18.6 Å². The number of carboxylic acids is 1. The average molecular weight is 172 g/mol. The normalized spacial score (nSPS) is 29.1. The quantitative estimate of drug-likeness (QED) is 0.555. The van der Waals surface area contributed by atoms with Gasteiger partial charge in [0.05, 0.1) is 6.42 Å². The van der Waals surface area contributed by atoms with Crippen molar-refractivity contribution in [3.05, 3.63) is 0 Å². The number of carbonyl (C=O) groups is 1. The second-order valence-corrected chi connectivity index (χ2v) is 3.37.